The molecule has 0 aliphatic heterocycles. The lowest BCUT2D eigenvalue weighted by Gasteiger charge is -2.23. The molecule has 0 aliphatic carbocycles. The normalized spacial score (nSPS) is 13.1. The van der Waals surface area contributed by atoms with Crippen LogP contribution in [0.5, 0.6) is 0 Å². The molecule has 0 bridgehead atoms. The van der Waals surface area contributed by atoms with Gasteiger partial charge in [-0.25, -0.2) is 9.89 Å². The second-order valence-corrected chi connectivity index (χ2v) is 5.70. The van der Waals surface area contributed by atoms with E-state index in [1.165, 1.54) is 18.5 Å². The maximum absolute atomic E-state index is 12.6. The quantitative estimate of drug-likeness (QED) is 0.873. The van der Waals surface area contributed by atoms with Crippen LogP contribution in [-0.4, -0.2) is 20.7 Å². The number of halogens is 3. The van der Waals surface area contributed by atoms with Crippen molar-refractivity contribution in [2.45, 2.75) is 32.6 Å². The van der Waals surface area contributed by atoms with Crippen molar-refractivity contribution in [3.8, 4) is 0 Å². The predicted octanol–water partition coefficient (Wildman–Crippen LogP) is 2.10. The Balaban J connectivity index is 2.13. The van der Waals surface area contributed by atoms with Crippen molar-refractivity contribution < 1.29 is 18.0 Å². The van der Waals surface area contributed by atoms with Gasteiger partial charge in [0.25, 0.3) is 0 Å². The molecule has 1 atom stereocenters. The number of hydrogen-bond donors (Lipinski definition) is 2. The van der Waals surface area contributed by atoms with Gasteiger partial charge in [-0.3, -0.25) is 9.36 Å². The summed E-state index contributed by atoms with van der Waals surface area (Å²) in [4.78, 5) is 23.4. The lowest BCUT2D eigenvalue weighted by atomic mass is 9.95. The van der Waals surface area contributed by atoms with Crippen LogP contribution in [0.4, 0.5) is 13.2 Å². The molecule has 1 aromatic heterocycles. The molecule has 0 radical (unpaired) electrons. The van der Waals surface area contributed by atoms with E-state index in [1.54, 1.807) is 0 Å². The highest BCUT2D eigenvalue weighted by Gasteiger charge is 2.30. The maximum atomic E-state index is 12.6. The molecule has 0 aliphatic rings. The zero-order valence-corrected chi connectivity index (χ0v) is 13.1. The zero-order chi connectivity index (χ0) is 17.9. The summed E-state index contributed by atoms with van der Waals surface area (Å²) in [6, 6.07) is 4.19. The van der Waals surface area contributed by atoms with Crippen LogP contribution >= 0.6 is 0 Å². The Kier molecular flexibility index (Phi) is 5.10. The largest absolute Gasteiger partial charge is 0.416 e. The third-order valence-electron chi connectivity index (χ3n) is 3.51. The summed E-state index contributed by atoms with van der Waals surface area (Å²) in [5.74, 6) is -0.483. The molecule has 1 aromatic carbocycles. The SMILES string of the molecule is CC(C)[C@@H](NC(=O)Cn1cn[nH]c1=O)c1ccc(C(F)(F)F)cc1. The van der Waals surface area contributed by atoms with Crippen LogP contribution in [-0.2, 0) is 17.5 Å². The van der Waals surface area contributed by atoms with Gasteiger partial charge in [-0.2, -0.15) is 18.3 Å². The van der Waals surface area contributed by atoms with Gasteiger partial charge in [0.1, 0.15) is 12.9 Å². The molecule has 6 nitrogen and oxygen atoms in total. The highest BCUT2D eigenvalue weighted by atomic mass is 19.4. The van der Waals surface area contributed by atoms with Crippen LogP contribution in [0.25, 0.3) is 0 Å². The molecule has 2 N–H and O–H groups in total. The van der Waals surface area contributed by atoms with E-state index in [9.17, 15) is 22.8 Å². The van der Waals surface area contributed by atoms with Crippen molar-refractivity contribution in [1.82, 2.24) is 20.1 Å². The van der Waals surface area contributed by atoms with Gasteiger partial charge < -0.3 is 5.32 Å². The summed E-state index contributed by atoms with van der Waals surface area (Å²) in [6.45, 7) is 3.46. The summed E-state index contributed by atoms with van der Waals surface area (Å²) in [7, 11) is 0. The molecular weight excluding hydrogens is 325 g/mol. The topological polar surface area (TPSA) is 79.8 Å². The fraction of sp³-hybridized carbons (Fsp3) is 0.400. The molecule has 1 amide bonds. The number of H-pyrrole nitrogens is 1. The number of aromatic amines is 1. The summed E-state index contributed by atoms with van der Waals surface area (Å²) in [6.07, 6.45) is -3.21. The number of alkyl halides is 3. The third-order valence-corrected chi connectivity index (χ3v) is 3.51. The van der Waals surface area contributed by atoms with E-state index in [4.69, 9.17) is 0 Å². The van der Waals surface area contributed by atoms with Gasteiger partial charge in [-0.05, 0) is 23.6 Å². The van der Waals surface area contributed by atoms with E-state index in [0.29, 0.717) is 5.56 Å². The Morgan fingerprint density at radius 3 is 2.38 bits per heavy atom. The zero-order valence-electron chi connectivity index (χ0n) is 13.1. The molecule has 9 heteroatoms. The van der Waals surface area contributed by atoms with Gasteiger partial charge in [0, 0.05) is 0 Å². The average molecular weight is 342 g/mol. The van der Waals surface area contributed by atoms with E-state index in [2.05, 4.69) is 15.5 Å². The van der Waals surface area contributed by atoms with E-state index < -0.39 is 29.4 Å². The van der Waals surface area contributed by atoms with Crippen LogP contribution in [0.2, 0.25) is 0 Å². The first-order valence-corrected chi connectivity index (χ1v) is 7.25. The highest BCUT2D eigenvalue weighted by Crippen LogP contribution is 2.31. The van der Waals surface area contributed by atoms with Gasteiger partial charge in [-0.15, -0.1) is 0 Å². The lowest BCUT2D eigenvalue weighted by molar-refractivity contribution is -0.137. The molecule has 2 rings (SSSR count). The molecular formula is C15H17F3N4O2. The monoisotopic (exact) mass is 342 g/mol. The molecule has 0 unspecified atom stereocenters. The van der Waals surface area contributed by atoms with Crippen molar-refractivity contribution in [3.05, 3.63) is 52.2 Å². The minimum atomic E-state index is -4.41. The first-order valence-electron chi connectivity index (χ1n) is 7.25. The van der Waals surface area contributed by atoms with Crippen LogP contribution in [0.15, 0.2) is 35.4 Å². The van der Waals surface area contributed by atoms with E-state index >= 15 is 0 Å². The Morgan fingerprint density at radius 2 is 1.92 bits per heavy atom. The number of nitrogens with one attached hydrogen (secondary N) is 2. The van der Waals surface area contributed by atoms with Crippen LogP contribution in [0.3, 0.4) is 0 Å². The number of aromatic nitrogens is 3. The average Bonchev–Trinajstić information content (AvgIpc) is 2.89. The third kappa shape index (κ3) is 4.24. The minimum Gasteiger partial charge on any atom is -0.347 e. The van der Waals surface area contributed by atoms with E-state index in [-0.39, 0.29) is 12.5 Å². The minimum absolute atomic E-state index is 0.0493. The van der Waals surface area contributed by atoms with E-state index in [1.807, 2.05) is 13.8 Å². The summed E-state index contributed by atoms with van der Waals surface area (Å²) in [5, 5.41) is 8.43. The first kappa shape index (κ1) is 17.8. The Morgan fingerprint density at radius 1 is 1.29 bits per heavy atom. The van der Waals surface area contributed by atoms with Crippen LogP contribution in [0.1, 0.15) is 31.0 Å². The number of carbonyl (C=O) groups is 1. The molecule has 1 heterocycles. The van der Waals surface area contributed by atoms with Gasteiger partial charge in [0.15, 0.2) is 0 Å². The second kappa shape index (κ2) is 6.90. The number of rotatable bonds is 5. The Hall–Kier alpha value is -2.58. The van der Waals surface area contributed by atoms with Crippen molar-refractivity contribution in [2.75, 3.05) is 0 Å². The predicted molar refractivity (Wildman–Crippen MR) is 80.0 cm³/mol. The van der Waals surface area contributed by atoms with E-state index in [0.717, 1.165) is 16.7 Å². The number of hydrogen-bond acceptors (Lipinski definition) is 3. The number of benzene rings is 1. The molecule has 130 valence electrons. The van der Waals surface area contributed by atoms with Gasteiger partial charge >= 0.3 is 11.9 Å². The fourth-order valence-electron chi connectivity index (χ4n) is 2.27. The second-order valence-electron chi connectivity index (χ2n) is 5.70. The Labute approximate surface area is 135 Å². The van der Waals surface area contributed by atoms with Crippen molar-refractivity contribution in [3.63, 3.8) is 0 Å². The van der Waals surface area contributed by atoms with Crippen LogP contribution in [0, 0.1) is 5.92 Å². The summed E-state index contributed by atoms with van der Waals surface area (Å²) < 4.78 is 39.0. The van der Waals surface area contributed by atoms with Crippen LogP contribution < -0.4 is 11.0 Å². The summed E-state index contributed by atoms with van der Waals surface area (Å²) >= 11 is 0. The number of amides is 1. The summed E-state index contributed by atoms with van der Waals surface area (Å²) in [5.41, 5.74) is -0.698. The van der Waals surface area contributed by atoms with Gasteiger partial charge in [0.05, 0.1) is 11.6 Å². The molecule has 24 heavy (non-hydrogen) atoms. The van der Waals surface area contributed by atoms with Gasteiger partial charge in [-0.1, -0.05) is 26.0 Å². The van der Waals surface area contributed by atoms with Crippen molar-refractivity contribution >= 4 is 5.91 Å². The van der Waals surface area contributed by atoms with Crippen molar-refractivity contribution in [2.24, 2.45) is 5.92 Å². The van der Waals surface area contributed by atoms with Gasteiger partial charge in [0.2, 0.25) is 5.91 Å². The molecule has 2 aromatic rings. The van der Waals surface area contributed by atoms with Crippen molar-refractivity contribution in [1.29, 1.82) is 0 Å². The maximum Gasteiger partial charge on any atom is 0.416 e. The first-order chi connectivity index (χ1) is 11.2. The highest BCUT2D eigenvalue weighted by molar-refractivity contribution is 5.76. The number of nitrogens with zero attached hydrogens (tertiary/aromatic N) is 2. The lowest BCUT2D eigenvalue weighted by Crippen LogP contribution is -2.36. The smallest absolute Gasteiger partial charge is 0.347 e. The molecule has 0 saturated heterocycles. The fourth-order valence-corrected chi connectivity index (χ4v) is 2.27. The molecule has 0 saturated carbocycles. The standard InChI is InChI=1S/C15H17F3N4O2/c1-9(2)13(10-3-5-11(6-4-10)15(16,17)18)20-12(23)7-22-8-19-21-14(22)24/h3-6,8-9,13H,7H2,1-2H3,(H,20,23)(H,21,24)/t13-/m1/s1. The Bertz CT molecular complexity index is 747. The number of carbonyl (C=O) groups excluding carboxylic acids is 1. The molecule has 0 fully saturated rings. The molecule has 0 spiro atoms.